The van der Waals surface area contributed by atoms with Crippen LogP contribution in [0.1, 0.15) is 37.2 Å². The highest BCUT2D eigenvalue weighted by Gasteiger charge is 2.32. The Morgan fingerprint density at radius 3 is 2.83 bits per heavy atom. The monoisotopic (exact) mass is 335 g/mol. The zero-order valence-electron chi connectivity index (χ0n) is 15.1. The number of hydrogen-bond acceptors (Lipinski definition) is 4. The van der Waals surface area contributed by atoms with Gasteiger partial charge in [0.25, 0.3) is 5.91 Å². The summed E-state index contributed by atoms with van der Waals surface area (Å²) in [6.45, 7) is 6.42. The van der Waals surface area contributed by atoms with Gasteiger partial charge in [0.05, 0.1) is 12.5 Å². The maximum atomic E-state index is 12.5. The number of likely N-dealkylation sites (tertiary alicyclic amines) is 1. The molecular weight excluding hydrogens is 306 g/mol. The number of rotatable bonds is 7. The van der Waals surface area contributed by atoms with Gasteiger partial charge in [-0.2, -0.15) is 0 Å². The SMILES string of the molecule is CC(CCN(C)C)C(=O)N1CCC(C(C)NC(=O)c2cnc[nH]2)C1. The molecule has 0 spiro atoms. The third kappa shape index (κ3) is 4.80. The van der Waals surface area contributed by atoms with Gasteiger partial charge in [-0.15, -0.1) is 0 Å². The molecule has 0 aromatic carbocycles. The highest BCUT2D eigenvalue weighted by atomic mass is 16.2. The molecule has 2 heterocycles. The van der Waals surface area contributed by atoms with Crippen LogP contribution >= 0.6 is 0 Å². The lowest BCUT2D eigenvalue weighted by Gasteiger charge is -2.24. The maximum absolute atomic E-state index is 12.5. The summed E-state index contributed by atoms with van der Waals surface area (Å²) in [6, 6.07) is 0.0238. The first-order valence-corrected chi connectivity index (χ1v) is 8.61. The van der Waals surface area contributed by atoms with Gasteiger partial charge in [-0.3, -0.25) is 9.59 Å². The number of hydrogen-bond donors (Lipinski definition) is 2. The van der Waals surface area contributed by atoms with E-state index in [9.17, 15) is 9.59 Å². The largest absolute Gasteiger partial charge is 0.348 e. The molecule has 2 N–H and O–H groups in total. The third-order valence-electron chi connectivity index (χ3n) is 4.78. The molecule has 1 aromatic rings. The number of carbonyl (C=O) groups excluding carboxylic acids is 2. The summed E-state index contributed by atoms with van der Waals surface area (Å²) in [5.74, 6) is 0.415. The number of aromatic amines is 1. The van der Waals surface area contributed by atoms with Crippen LogP contribution in [0, 0.1) is 11.8 Å². The van der Waals surface area contributed by atoms with Gasteiger partial charge in [-0.25, -0.2) is 4.98 Å². The van der Waals surface area contributed by atoms with Crippen molar-refractivity contribution in [3.63, 3.8) is 0 Å². The van der Waals surface area contributed by atoms with Crippen LogP contribution in [0.4, 0.5) is 0 Å². The fourth-order valence-corrected chi connectivity index (χ4v) is 3.07. The van der Waals surface area contributed by atoms with E-state index in [-0.39, 0.29) is 23.8 Å². The van der Waals surface area contributed by atoms with E-state index in [1.165, 1.54) is 12.5 Å². The molecule has 1 aromatic heterocycles. The van der Waals surface area contributed by atoms with Gasteiger partial charge >= 0.3 is 0 Å². The number of amides is 2. The Hall–Kier alpha value is -1.89. The van der Waals surface area contributed by atoms with E-state index in [1.54, 1.807) is 0 Å². The summed E-state index contributed by atoms with van der Waals surface area (Å²) >= 11 is 0. The Balaban J connectivity index is 1.81. The number of imidazole rings is 1. The average molecular weight is 335 g/mol. The fraction of sp³-hybridized carbons (Fsp3) is 0.706. The first-order valence-electron chi connectivity index (χ1n) is 8.61. The lowest BCUT2D eigenvalue weighted by molar-refractivity contribution is -0.134. The number of H-pyrrole nitrogens is 1. The zero-order chi connectivity index (χ0) is 17.7. The van der Waals surface area contributed by atoms with E-state index in [0.717, 1.165) is 32.5 Å². The molecule has 3 atom stereocenters. The molecule has 1 aliphatic rings. The molecule has 1 saturated heterocycles. The summed E-state index contributed by atoms with van der Waals surface area (Å²) in [5.41, 5.74) is 0.463. The minimum atomic E-state index is -0.149. The van der Waals surface area contributed by atoms with E-state index in [1.807, 2.05) is 32.8 Å². The molecule has 24 heavy (non-hydrogen) atoms. The maximum Gasteiger partial charge on any atom is 0.269 e. The van der Waals surface area contributed by atoms with Gasteiger partial charge in [0, 0.05) is 25.0 Å². The van der Waals surface area contributed by atoms with Crippen molar-refractivity contribution in [1.82, 2.24) is 25.1 Å². The van der Waals surface area contributed by atoms with Crippen LogP contribution in [0.3, 0.4) is 0 Å². The molecule has 0 saturated carbocycles. The van der Waals surface area contributed by atoms with E-state index in [2.05, 4.69) is 20.2 Å². The Morgan fingerprint density at radius 2 is 2.21 bits per heavy atom. The Bertz CT molecular complexity index is 543. The highest BCUT2D eigenvalue weighted by Crippen LogP contribution is 2.22. The highest BCUT2D eigenvalue weighted by molar-refractivity contribution is 5.92. The van der Waals surface area contributed by atoms with E-state index >= 15 is 0 Å². The number of nitrogens with one attached hydrogen (secondary N) is 2. The van der Waals surface area contributed by atoms with Crippen molar-refractivity contribution in [3.8, 4) is 0 Å². The van der Waals surface area contributed by atoms with Gasteiger partial charge in [0.2, 0.25) is 5.91 Å². The van der Waals surface area contributed by atoms with E-state index in [4.69, 9.17) is 0 Å². The molecule has 3 unspecified atom stereocenters. The van der Waals surface area contributed by atoms with Crippen molar-refractivity contribution in [2.75, 3.05) is 33.7 Å². The number of nitrogens with zero attached hydrogens (tertiary/aromatic N) is 3. The van der Waals surface area contributed by atoms with Crippen LogP contribution in [0.25, 0.3) is 0 Å². The smallest absolute Gasteiger partial charge is 0.269 e. The second-order valence-electron chi connectivity index (χ2n) is 7.05. The molecule has 7 heteroatoms. The van der Waals surface area contributed by atoms with E-state index in [0.29, 0.717) is 11.6 Å². The zero-order valence-corrected chi connectivity index (χ0v) is 15.1. The Morgan fingerprint density at radius 1 is 1.46 bits per heavy atom. The minimum absolute atomic E-state index is 0.0238. The van der Waals surface area contributed by atoms with Crippen molar-refractivity contribution < 1.29 is 9.59 Å². The Labute approximate surface area is 143 Å². The standard InChI is InChI=1S/C17H29N5O2/c1-12(5-7-21(3)4)17(24)22-8-6-14(10-22)13(2)20-16(23)15-9-18-11-19-15/h9,11-14H,5-8,10H2,1-4H3,(H,18,19)(H,20,23). The van der Waals surface area contributed by atoms with Crippen LogP contribution in [-0.2, 0) is 4.79 Å². The lowest BCUT2D eigenvalue weighted by Crippen LogP contribution is -2.41. The van der Waals surface area contributed by atoms with Crippen molar-refractivity contribution in [2.24, 2.45) is 11.8 Å². The van der Waals surface area contributed by atoms with Gasteiger partial charge in [-0.1, -0.05) is 6.92 Å². The molecule has 1 aliphatic heterocycles. The van der Waals surface area contributed by atoms with Crippen LogP contribution in [0.2, 0.25) is 0 Å². The second kappa shape index (κ2) is 8.28. The molecule has 0 bridgehead atoms. The topological polar surface area (TPSA) is 81.3 Å². The van der Waals surface area contributed by atoms with Crippen molar-refractivity contribution in [3.05, 3.63) is 18.2 Å². The predicted octanol–water partition coefficient (Wildman–Crippen LogP) is 0.964. The molecule has 7 nitrogen and oxygen atoms in total. The third-order valence-corrected chi connectivity index (χ3v) is 4.78. The van der Waals surface area contributed by atoms with Crippen LogP contribution in [-0.4, -0.2) is 71.4 Å². The molecule has 134 valence electrons. The summed E-state index contributed by atoms with van der Waals surface area (Å²) in [4.78, 5) is 35.3. The predicted molar refractivity (Wildman–Crippen MR) is 92.5 cm³/mol. The number of carbonyl (C=O) groups is 2. The minimum Gasteiger partial charge on any atom is -0.348 e. The van der Waals surface area contributed by atoms with Crippen molar-refractivity contribution >= 4 is 11.8 Å². The summed E-state index contributed by atoms with van der Waals surface area (Å²) < 4.78 is 0. The van der Waals surface area contributed by atoms with Gasteiger partial charge in [0.15, 0.2) is 0 Å². The van der Waals surface area contributed by atoms with Gasteiger partial charge in [0.1, 0.15) is 5.69 Å². The second-order valence-corrected chi connectivity index (χ2v) is 7.05. The van der Waals surface area contributed by atoms with Crippen LogP contribution < -0.4 is 5.32 Å². The van der Waals surface area contributed by atoms with Gasteiger partial charge < -0.3 is 20.1 Å². The van der Waals surface area contributed by atoms with Gasteiger partial charge in [-0.05, 0) is 46.3 Å². The van der Waals surface area contributed by atoms with Crippen LogP contribution in [0.15, 0.2) is 12.5 Å². The molecular formula is C17H29N5O2. The molecule has 0 radical (unpaired) electrons. The fourth-order valence-electron chi connectivity index (χ4n) is 3.07. The lowest BCUT2D eigenvalue weighted by atomic mass is 10.0. The number of aromatic nitrogens is 2. The average Bonchev–Trinajstić information content (AvgIpc) is 3.22. The van der Waals surface area contributed by atoms with E-state index < -0.39 is 0 Å². The van der Waals surface area contributed by atoms with Crippen LogP contribution in [0.5, 0.6) is 0 Å². The first kappa shape index (κ1) is 18.4. The molecule has 1 fully saturated rings. The normalized spacial score (nSPS) is 20.2. The first-order chi connectivity index (χ1) is 11.4. The van der Waals surface area contributed by atoms with Crippen molar-refractivity contribution in [1.29, 1.82) is 0 Å². The van der Waals surface area contributed by atoms with Crippen molar-refractivity contribution in [2.45, 2.75) is 32.7 Å². The molecule has 2 amide bonds. The summed E-state index contributed by atoms with van der Waals surface area (Å²) in [6.07, 6.45) is 4.80. The Kier molecular flexibility index (Phi) is 6.36. The summed E-state index contributed by atoms with van der Waals surface area (Å²) in [7, 11) is 4.04. The quantitative estimate of drug-likeness (QED) is 0.778. The molecule has 0 aliphatic carbocycles. The summed E-state index contributed by atoms with van der Waals surface area (Å²) in [5, 5.41) is 3.00. The molecule has 2 rings (SSSR count).